The van der Waals surface area contributed by atoms with Gasteiger partial charge in [0.2, 0.25) is 0 Å². The lowest BCUT2D eigenvalue weighted by molar-refractivity contribution is 0.0788. The largest absolute Gasteiger partial charge is 0.497 e. The van der Waals surface area contributed by atoms with Gasteiger partial charge >= 0.3 is 0 Å². The van der Waals surface area contributed by atoms with Gasteiger partial charge in [0.05, 0.1) is 19.2 Å². The van der Waals surface area contributed by atoms with E-state index in [9.17, 15) is 4.79 Å². The van der Waals surface area contributed by atoms with Crippen molar-refractivity contribution in [2.75, 3.05) is 26.7 Å². The number of amides is 1. The quantitative estimate of drug-likeness (QED) is 0.655. The van der Waals surface area contributed by atoms with Crippen LogP contribution >= 0.6 is 12.4 Å². The Bertz CT molecular complexity index is 973. The molecule has 4 rings (SSSR count). The molecule has 2 heterocycles. The van der Waals surface area contributed by atoms with E-state index in [1.54, 1.807) is 7.11 Å². The highest BCUT2D eigenvalue weighted by Crippen LogP contribution is 2.27. The highest BCUT2D eigenvalue weighted by molar-refractivity contribution is 6.00. The number of methoxy groups -OCH3 is 1. The Hall–Kier alpha value is -2.83. The summed E-state index contributed by atoms with van der Waals surface area (Å²) in [5.74, 6) is 1.17. The summed E-state index contributed by atoms with van der Waals surface area (Å²) in [6, 6.07) is 17.8. The van der Waals surface area contributed by atoms with Crippen LogP contribution in [-0.2, 0) is 6.54 Å². The van der Waals surface area contributed by atoms with Gasteiger partial charge < -0.3 is 15.4 Å². The molecule has 1 fully saturated rings. The van der Waals surface area contributed by atoms with Crippen molar-refractivity contribution >= 4 is 18.3 Å². The summed E-state index contributed by atoms with van der Waals surface area (Å²) in [5.41, 5.74) is 9.17. The third-order valence-corrected chi connectivity index (χ3v) is 5.45. The standard InChI is InChI=1S/C23H26N4O2.ClH/c1-29-20-9-7-19(8-10-20)22-21(23(28)26-12-11-18(13-24)14-26)16-27(25-22)15-17-5-3-2-4-6-17;/h2-10,16,18H,11-15,24H2,1H3;1H. The van der Waals surface area contributed by atoms with Crippen molar-refractivity contribution < 1.29 is 9.53 Å². The zero-order valence-electron chi connectivity index (χ0n) is 17.0. The molecule has 1 atom stereocenters. The number of hydrogen-bond donors (Lipinski definition) is 1. The first kappa shape index (κ1) is 21.9. The second-order valence-electron chi connectivity index (χ2n) is 7.44. The maximum atomic E-state index is 13.3. The molecule has 3 aromatic rings. The molecule has 0 spiro atoms. The number of carbonyl (C=O) groups excluding carboxylic acids is 1. The van der Waals surface area contributed by atoms with Gasteiger partial charge in [0, 0.05) is 24.8 Å². The number of benzene rings is 2. The fraction of sp³-hybridized carbons (Fsp3) is 0.304. The van der Waals surface area contributed by atoms with E-state index < -0.39 is 0 Å². The van der Waals surface area contributed by atoms with Crippen molar-refractivity contribution in [2.24, 2.45) is 11.7 Å². The van der Waals surface area contributed by atoms with E-state index in [0.717, 1.165) is 29.8 Å². The molecule has 30 heavy (non-hydrogen) atoms. The Balaban J connectivity index is 0.00000256. The number of hydrogen-bond acceptors (Lipinski definition) is 4. The SMILES string of the molecule is COc1ccc(-c2nn(Cc3ccccc3)cc2C(=O)N2CCC(CN)C2)cc1.Cl. The van der Waals surface area contributed by atoms with Crippen LogP contribution in [0.5, 0.6) is 5.75 Å². The maximum Gasteiger partial charge on any atom is 0.257 e. The van der Waals surface area contributed by atoms with Crippen LogP contribution in [0.3, 0.4) is 0 Å². The lowest BCUT2D eigenvalue weighted by Crippen LogP contribution is -2.30. The Morgan fingerprint density at radius 2 is 1.90 bits per heavy atom. The van der Waals surface area contributed by atoms with Crippen molar-refractivity contribution in [3.63, 3.8) is 0 Å². The van der Waals surface area contributed by atoms with E-state index >= 15 is 0 Å². The van der Waals surface area contributed by atoms with Crippen LogP contribution in [0.25, 0.3) is 11.3 Å². The second-order valence-corrected chi connectivity index (χ2v) is 7.44. The molecule has 0 saturated carbocycles. The van der Waals surface area contributed by atoms with Gasteiger partial charge in [0.25, 0.3) is 5.91 Å². The summed E-state index contributed by atoms with van der Waals surface area (Å²) in [5, 5.41) is 4.77. The predicted molar refractivity (Wildman–Crippen MR) is 120 cm³/mol. The van der Waals surface area contributed by atoms with Crippen LogP contribution in [-0.4, -0.2) is 47.3 Å². The summed E-state index contributed by atoms with van der Waals surface area (Å²) >= 11 is 0. The van der Waals surface area contributed by atoms with Crippen molar-refractivity contribution in [3.05, 3.63) is 71.9 Å². The Kier molecular flexibility index (Phi) is 7.13. The fourth-order valence-electron chi connectivity index (χ4n) is 3.77. The van der Waals surface area contributed by atoms with Crippen LogP contribution in [0.15, 0.2) is 60.8 Å². The number of ether oxygens (including phenoxy) is 1. The molecular weight excluding hydrogens is 400 g/mol. The molecule has 0 bridgehead atoms. The summed E-state index contributed by atoms with van der Waals surface area (Å²) in [7, 11) is 1.64. The van der Waals surface area contributed by atoms with Crippen molar-refractivity contribution in [3.8, 4) is 17.0 Å². The number of nitrogens with zero attached hydrogens (tertiary/aromatic N) is 3. The first-order chi connectivity index (χ1) is 14.2. The van der Waals surface area contributed by atoms with Crippen molar-refractivity contribution in [2.45, 2.75) is 13.0 Å². The van der Waals surface area contributed by atoms with Crippen LogP contribution in [0.2, 0.25) is 0 Å². The van der Waals surface area contributed by atoms with E-state index in [1.165, 1.54) is 0 Å². The van der Waals surface area contributed by atoms with Crippen LogP contribution < -0.4 is 10.5 Å². The van der Waals surface area contributed by atoms with Crippen molar-refractivity contribution in [1.82, 2.24) is 14.7 Å². The zero-order chi connectivity index (χ0) is 20.2. The first-order valence-corrected chi connectivity index (χ1v) is 9.93. The first-order valence-electron chi connectivity index (χ1n) is 9.93. The normalized spacial score (nSPS) is 15.7. The molecule has 2 N–H and O–H groups in total. The molecule has 2 aromatic carbocycles. The van der Waals surface area contributed by atoms with E-state index in [2.05, 4.69) is 12.1 Å². The highest BCUT2D eigenvalue weighted by atomic mass is 35.5. The second kappa shape index (κ2) is 9.78. The van der Waals surface area contributed by atoms with Gasteiger partial charge in [-0.15, -0.1) is 12.4 Å². The molecule has 1 aliphatic rings. The minimum absolute atomic E-state index is 0. The fourth-order valence-corrected chi connectivity index (χ4v) is 3.77. The molecule has 7 heteroatoms. The number of aromatic nitrogens is 2. The molecule has 0 radical (unpaired) electrons. The minimum Gasteiger partial charge on any atom is -0.497 e. The number of carbonyl (C=O) groups is 1. The van der Waals surface area contributed by atoms with Gasteiger partial charge in [-0.25, -0.2) is 0 Å². The smallest absolute Gasteiger partial charge is 0.257 e. The topological polar surface area (TPSA) is 73.4 Å². The zero-order valence-corrected chi connectivity index (χ0v) is 17.8. The minimum atomic E-state index is 0. The molecular formula is C23H27ClN4O2. The van der Waals surface area contributed by atoms with Gasteiger partial charge in [-0.2, -0.15) is 5.10 Å². The average molecular weight is 427 g/mol. The number of rotatable bonds is 6. The lowest BCUT2D eigenvalue weighted by atomic mass is 10.1. The number of nitrogens with two attached hydrogens (primary N) is 1. The molecule has 0 aliphatic carbocycles. The van der Waals surface area contributed by atoms with E-state index in [1.807, 2.05) is 58.2 Å². The predicted octanol–water partition coefficient (Wildman–Crippen LogP) is 3.45. The maximum absolute atomic E-state index is 13.3. The van der Waals surface area contributed by atoms with E-state index in [0.29, 0.717) is 36.8 Å². The van der Waals surface area contributed by atoms with Crippen LogP contribution in [0, 0.1) is 5.92 Å². The number of likely N-dealkylation sites (tertiary alicyclic amines) is 1. The third-order valence-electron chi connectivity index (χ3n) is 5.45. The molecule has 1 unspecified atom stereocenters. The molecule has 1 aliphatic heterocycles. The van der Waals surface area contributed by atoms with Crippen LogP contribution in [0.1, 0.15) is 22.3 Å². The van der Waals surface area contributed by atoms with E-state index in [-0.39, 0.29) is 18.3 Å². The summed E-state index contributed by atoms with van der Waals surface area (Å²) in [4.78, 5) is 15.2. The van der Waals surface area contributed by atoms with Gasteiger partial charge in [-0.05, 0) is 48.7 Å². The highest BCUT2D eigenvalue weighted by Gasteiger charge is 2.29. The van der Waals surface area contributed by atoms with Crippen LogP contribution in [0.4, 0.5) is 0 Å². The van der Waals surface area contributed by atoms with Gasteiger partial charge in [0.1, 0.15) is 11.4 Å². The molecule has 1 amide bonds. The average Bonchev–Trinajstić information content (AvgIpc) is 3.41. The molecule has 1 saturated heterocycles. The molecule has 1 aromatic heterocycles. The third kappa shape index (κ3) is 4.66. The Morgan fingerprint density at radius 1 is 1.17 bits per heavy atom. The van der Waals surface area contributed by atoms with Gasteiger partial charge in [-0.1, -0.05) is 30.3 Å². The van der Waals surface area contributed by atoms with Crippen molar-refractivity contribution in [1.29, 1.82) is 0 Å². The summed E-state index contributed by atoms with van der Waals surface area (Å²) in [6.45, 7) is 2.68. The lowest BCUT2D eigenvalue weighted by Gasteiger charge is -2.16. The monoisotopic (exact) mass is 426 g/mol. The molecule has 6 nitrogen and oxygen atoms in total. The summed E-state index contributed by atoms with van der Waals surface area (Å²) in [6.07, 6.45) is 2.82. The Labute approximate surface area is 183 Å². The molecule has 158 valence electrons. The van der Waals surface area contributed by atoms with Gasteiger partial charge in [-0.3, -0.25) is 9.48 Å². The van der Waals surface area contributed by atoms with E-state index in [4.69, 9.17) is 15.6 Å². The number of halogens is 1. The Morgan fingerprint density at radius 3 is 2.53 bits per heavy atom. The van der Waals surface area contributed by atoms with Gasteiger partial charge in [0.15, 0.2) is 0 Å². The summed E-state index contributed by atoms with van der Waals surface area (Å²) < 4.78 is 7.11.